The first-order valence-corrected chi connectivity index (χ1v) is 6.55. The zero-order valence-electron chi connectivity index (χ0n) is 10.6. The van der Waals surface area contributed by atoms with Crippen molar-refractivity contribution in [2.75, 3.05) is 18.5 Å². The Labute approximate surface area is 115 Å². The van der Waals surface area contributed by atoms with Crippen molar-refractivity contribution >= 4 is 17.3 Å². The summed E-state index contributed by atoms with van der Waals surface area (Å²) in [6.07, 6.45) is -2.56. The number of nitrogens with zero attached hydrogens (tertiary/aromatic N) is 1. The summed E-state index contributed by atoms with van der Waals surface area (Å²) in [7, 11) is 1.76. The van der Waals surface area contributed by atoms with Crippen LogP contribution < -0.4 is 10.2 Å². The maximum absolute atomic E-state index is 12.7. The molecular weight excluding hydrogens is 277 g/mol. The van der Waals surface area contributed by atoms with E-state index in [0.717, 1.165) is 18.4 Å². The fourth-order valence-electron chi connectivity index (χ4n) is 2.16. The Morgan fingerprint density at radius 1 is 1.37 bits per heavy atom. The van der Waals surface area contributed by atoms with Gasteiger partial charge < -0.3 is 10.2 Å². The zero-order valence-corrected chi connectivity index (χ0v) is 11.4. The van der Waals surface area contributed by atoms with Crippen LogP contribution in [-0.2, 0) is 6.54 Å². The molecule has 0 saturated heterocycles. The van der Waals surface area contributed by atoms with Crippen LogP contribution in [0.5, 0.6) is 0 Å². The molecule has 0 radical (unpaired) electrons. The molecule has 0 unspecified atom stereocenters. The number of anilines is 1. The molecule has 19 heavy (non-hydrogen) atoms. The molecule has 6 heteroatoms. The van der Waals surface area contributed by atoms with Gasteiger partial charge in [0, 0.05) is 23.3 Å². The minimum absolute atomic E-state index is 0.00148. The van der Waals surface area contributed by atoms with Gasteiger partial charge in [-0.3, -0.25) is 0 Å². The van der Waals surface area contributed by atoms with E-state index in [1.54, 1.807) is 25.2 Å². The summed E-state index contributed by atoms with van der Waals surface area (Å²) in [4.78, 5) is 1.45. The molecule has 1 N–H and O–H groups in total. The van der Waals surface area contributed by atoms with Gasteiger partial charge in [-0.1, -0.05) is 11.6 Å². The van der Waals surface area contributed by atoms with Gasteiger partial charge in [0.05, 0.1) is 0 Å². The van der Waals surface area contributed by atoms with Crippen LogP contribution in [0, 0.1) is 0 Å². The van der Waals surface area contributed by atoms with Gasteiger partial charge in [-0.2, -0.15) is 13.2 Å². The molecule has 1 aliphatic carbocycles. The van der Waals surface area contributed by atoms with Crippen molar-refractivity contribution in [3.05, 3.63) is 28.8 Å². The van der Waals surface area contributed by atoms with Crippen molar-refractivity contribution < 1.29 is 13.2 Å². The first kappa shape index (κ1) is 14.5. The fraction of sp³-hybridized carbons (Fsp3) is 0.538. The highest BCUT2D eigenvalue weighted by Gasteiger charge is 2.38. The number of hydrogen-bond donors (Lipinski definition) is 1. The molecule has 0 bridgehead atoms. The third-order valence-electron chi connectivity index (χ3n) is 3.06. The predicted molar refractivity (Wildman–Crippen MR) is 70.6 cm³/mol. The fourth-order valence-corrected chi connectivity index (χ4v) is 2.35. The van der Waals surface area contributed by atoms with Gasteiger partial charge >= 0.3 is 6.18 Å². The van der Waals surface area contributed by atoms with Gasteiger partial charge in [-0.05, 0) is 43.7 Å². The standard InChI is InChI=1S/C13H16ClF3N2/c1-18-7-9-6-10(14)2-5-12(9)19(11-3-4-11)8-13(15,16)17/h2,5-6,11,18H,3-4,7-8H2,1H3. The smallest absolute Gasteiger partial charge is 0.359 e. The second-order valence-corrected chi connectivity index (χ2v) is 5.21. The molecule has 2 nitrogen and oxygen atoms in total. The summed E-state index contributed by atoms with van der Waals surface area (Å²) in [5, 5.41) is 3.50. The molecule has 0 atom stereocenters. The number of benzene rings is 1. The maximum atomic E-state index is 12.7. The van der Waals surface area contributed by atoms with E-state index >= 15 is 0 Å². The summed E-state index contributed by atoms with van der Waals surface area (Å²) in [5.41, 5.74) is 1.42. The number of rotatable bonds is 5. The molecule has 0 aromatic heterocycles. The molecule has 106 valence electrons. The number of alkyl halides is 3. The molecule has 0 aliphatic heterocycles. The van der Waals surface area contributed by atoms with Crippen molar-refractivity contribution in [3.63, 3.8) is 0 Å². The number of hydrogen-bond acceptors (Lipinski definition) is 2. The normalized spacial score (nSPS) is 15.6. The van der Waals surface area contributed by atoms with E-state index in [2.05, 4.69) is 5.32 Å². The highest BCUT2D eigenvalue weighted by atomic mass is 35.5. The van der Waals surface area contributed by atoms with Crippen molar-refractivity contribution in [3.8, 4) is 0 Å². The number of halogens is 4. The van der Waals surface area contributed by atoms with Crippen LogP contribution in [-0.4, -0.2) is 25.8 Å². The van der Waals surface area contributed by atoms with Crippen molar-refractivity contribution in [1.29, 1.82) is 0 Å². The Bertz CT molecular complexity index is 444. The van der Waals surface area contributed by atoms with Crippen molar-refractivity contribution in [2.24, 2.45) is 0 Å². The molecular formula is C13H16ClF3N2. The van der Waals surface area contributed by atoms with E-state index in [1.165, 1.54) is 4.90 Å². The third-order valence-corrected chi connectivity index (χ3v) is 3.29. The molecule has 1 aromatic carbocycles. The van der Waals surface area contributed by atoms with Gasteiger partial charge in [-0.15, -0.1) is 0 Å². The molecule has 0 amide bonds. The Balaban J connectivity index is 2.30. The molecule has 0 spiro atoms. The van der Waals surface area contributed by atoms with E-state index in [0.29, 0.717) is 17.3 Å². The van der Waals surface area contributed by atoms with Gasteiger partial charge in [-0.25, -0.2) is 0 Å². The summed E-state index contributed by atoms with van der Waals surface area (Å²) >= 11 is 5.92. The Morgan fingerprint density at radius 3 is 2.58 bits per heavy atom. The molecule has 1 fully saturated rings. The average molecular weight is 293 g/mol. The van der Waals surface area contributed by atoms with Crippen LogP contribution in [0.2, 0.25) is 5.02 Å². The van der Waals surface area contributed by atoms with E-state index in [1.807, 2.05) is 0 Å². The lowest BCUT2D eigenvalue weighted by atomic mass is 10.1. The largest absolute Gasteiger partial charge is 0.405 e. The first-order valence-electron chi connectivity index (χ1n) is 6.17. The van der Waals surface area contributed by atoms with E-state index in [4.69, 9.17) is 11.6 Å². The van der Waals surface area contributed by atoms with E-state index in [-0.39, 0.29) is 6.04 Å². The predicted octanol–water partition coefficient (Wildman–Crippen LogP) is 3.59. The Morgan fingerprint density at radius 2 is 2.05 bits per heavy atom. The van der Waals surface area contributed by atoms with Gasteiger partial charge in [0.25, 0.3) is 0 Å². The van der Waals surface area contributed by atoms with Crippen LogP contribution in [0.3, 0.4) is 0 Å². The third kappa shape index (κ3) is 4.01. The summed E-state index contributed by atoms with van der Waals surface area (Å²) in [6.45, 7) is -0.410. The van der Waals surface area contributed by atoms with E-state index < -0.39 is 12.7 Å². The molecule has 1 aromatic rings. The minimum Gasteiger partial charge on any atom is -0.359 e. The minimum atomic E-state index is -4.20. The molecule has 1 saturated carbocycles. The second kappa shape index (κ2) is 5.59. The molecule has 1 aliphatic rings. The maximum Gasteiger partial charge on any atom is 0.405 e. The van der Waals surface area contributed by atoms with Crippen LogP contribution >= 0.6 is 11.6 Å². The monoisotopic (exact) mass is 292 g/mol. The van der Waals surface area contributed by atoms with Gasteiger partial charge in [0.1, 0.15) is 6.54 Å². The highest BCUT2D eigenvalue weighted by molar-refractivity contribution is 6.30. The lowest BCUT2D eigenvalue weighted by Crippen LogP contribution is -2.36. The van der Waals surface area contributed by atoms with Gasteiger partial charge in [0.2, 0.25) is 0 Å². The first-order chi connectivity index (χ1) is 8.90. The van der Waals surface area contributed by atoms with Crippen LogP contribution in [0.1, 0.15) is 18.4 Å². The van der Waals surface area contributed by atoms with Gasteiger partial charge in [0.15, 0.2) is 0 Å². The lowest BCUT2D eigenvalue weighted by Gasteiger charge is -2.28. The van der Waals surface area contributed by atoms with Crippen LogP contribution in [0.15, 0.2) is 18.2 Å². The highest BCUT2D eigenvalue weighted by Crippen LogP contribution is 2.36. The van der Waals surface area contributed by atoms with Crippen LogP contribution in [0.4, 0.5) is 18.9 Å². The summed E-state index contributed by atoms with van der Waals surface area (Å²) in [5.74, 6) is 0. The summed E-state index contributed by atoms with van der Waals surface area (Å²) in [6, 6.07) is 5.04. The topological polar surface area (TPSA) is 15.3 Å². The van der Waals surface area contributed by atoms with Crippen molar-refractivity contribution in [2.45, 2.75) is 31.6 Å². The average Bonchev–Trinajstić information content (AvgIpc) is 3.09. The molecule has 2 rings (SSSR count). The lowest BCUT2D eigenvalue weighted by molar-refractivity contribution is -0.120. The second-order valence-electron chi connectivity index (χ2n) is 4.78. The number of nitrogens with one attached hydrogen (secondary N) is 1. The Kier molecular flexibility index (Phi) is 4.26. The molecule has 0 heterocycles. The Hall–Kier alpha value is -0.940. The van der Waals surface area contributed by atoms with Crippen molar-refractivity contribution in [1.82, 2.24) is 5.32 Å². The van der Waals surface area contributed by atoms with Crippen LogP contribution in [0.25, 0.3) is 0 Å². The summed E-state index contributed by atoms with van der Waals surface area (Å²) < 4.78 is 38.1. The quantitative estimate of drug-likeness (QED) is 0.892. The SMILES string of the molecule is CNCc1cc(Cl)ccc1N(CC(F)(F)F)C1CC1. The zero-order chi connectivity index (χ0) is 14.0. The van der Waals surface area contributed by atoms with E-state index in [9.17, 15) is 13.2 Å².